The van der Waals surface area contributed by atoms with Gasteiger partial charge in [-0.1, -0.05) is 60.7 Å². The molecule has 0 aromatic heterocycles. The molecule has 212 valence electrons. The van der Waals surface area contributed by atoms with Crippen molar-refractivity contribution in [1.29, 1.82) is 0 Å². The quantitative estimate of drug-likeness (QED) is 0.210. The minimum atomic E-state index is -5.83. The van der Waals surface area contributed by atoms with Crippen LogP contribution in [0.3, 0.4) is 0 Å². The van der Waals surface area contributed by atoms with E-state index in [9.17, 15) is 46.1 Å². The Morgan fingerprint density at radius 2 is 0.805 bits per heavy atom. The van der Waals surface area contributed by atoms with Gasteiger partial charge in [-0.15, -0.1) is 0 Å². The van der Waals surface area contributed by atoms with Gasteiger partial charge in [0, 0.05) is 0 Å². The molecule has 0 spiro atoms. The van der Waals surface area contributed by atoms with Crippen LogP contribution in [0.2, 0.25) is 0 Å². The van der Waals surface area contributed by atoms with Crippen molar-refractivity contribution in [3.05, 3.63) is 107 Å². The molecule has 6 N–H and O–H groups in total. The van der Waals surface area contributed by atoms with E-state index in [0.29, 0.717) is 24.3 Å². The molecule has 0 unspecified atom stereocenters. The topological polar surface area (TPSA) is 127 Å². The van der Waals surface area contributed by atoms with Crippen LogP contribution in [0, 0.1) is 0 Å². The van der Waals surface area contributed by atoms with Crippen LogP contribution in [0.1, 0.15) is 31.8 Å². The first-order valence-electron chi connectivity index (χ1n) is 11.7. The summed E-state index contributed by atoms with van der Waals surface area (Å²) in [4.78, 5) is 23.0. The summed E-state index contributed by atoms with van der Waals surface area (Å²) in [6, 6.07) is 14.2. The Morgan fingerprint density at radius 1 is 0.512 bits per heavy atom. The second-order valence-corrected chi connectivity index (χ2v) is 9.09. The number of primary amides is 2. The van der Waals surface area contributed by atoms with Gasteiger partial charge < -0.3 is 21.7 Å². The predicted octanol–water partition coefficient (Wildman–Crippen LogP) is 6.04. The van der Waals surface area contributed by atoms with E-state index in [4.69, 9.17) is 11.5 Å². The number of carbonyl (C=O) groups excluding carboxylic acids is 2. The van der Waals surface area contributed by atoms with Crippen molar-refractivity contribution in [2.45, 2.75) is 17.8 Å². The molecule has 0 aliphatic heterocycles. The lowest BCUT2D eigenvalue weighted by atomic mass is 9.72. The lowest BCUT2D eigenvalue weighted by Gasteiger charge is -2.38. The molecule has 0 atom stereocenters. The molecule has 4 aromatic carbocycles. The molecule has 0 radical (unpaired) electrons. The molecule has 2 amide bonds. The van der Waals surface area contributed by atoms with Gasteiger partial charge in [0.2, 0.25) is 5.41 Å². The van der Waals surface area contributed by atoms with Crippen molar-refractivity contribution in [2.75, 3.05) is 0 Å². The van der Waals surface area contributed by atoms with E-state index in [1.54, 1.807) is 0 Å². The summed E-state index contributed by atoms with van der Waals surface area (Å²) in [5.74, 6) is -2.83. The number of rotatable bonds is 6. The highest BCUT2D eigenvalue weighted by Gasteiger charge is 2.72. The third kappa shape index (κ3) is 5.04. The Hall–Kier alpha value is -5.00. The number of halogens is 6. The first-order valence-corrected chi connectivity index (χ1v) is 11.7. The molecular formula is C29H20F6N2O4. The van der Waals surface area contributed by atoms with Gasteiger partial charge in [-0.25, -0.2) is 0 Å². The third-order valence-corrected chi connectivity index (χ3v) is 6.68. The molecule has 0 aliphatic carbocycles. The van der Waals surface area contributed by atoms with Crippen LogP contribution in [0.15, 0.2) is 84.9 Å². The van der Waals surface area contributed by atoms with Crippen molar-refractivity contribution in [3.8, 4) is 33.8 Å². The maximum atomic E-state index is 14.6. The minimum Gasteiger partial charge on any atom is -0.507 e. The fourth-order valence-corrected chi connectivity index (χ4v) is 4.63. The zero-order valence-corrected chi connectivity index (χ0v) is 20.7. The number of alkyl halides is 6. The molecule has 41 heavy (non-hydrogen) atoms. The number of hydrogen-bond acceptors (Lipinski definition) is 4. The minimum absolute atomic E-state index is 0.169. The molecule has 0 aliphatic rings. The third-order valence-electron chi connectivity index (χ3n) is 6.68. The smallest absolute Gasteiger partial charge is 0.411 e. The van der Waals surface area contributed by atoms with Gasteiger partial charge in [0.1, 0.15) is 11.5 Å². The monoisotopic (exact) mass is 574 g/mol. The molecule has 4 rings (SSSR count). The summed E-state index contributed by atoms with van der Waals surface area (Å²) in [6.07, 6.45) is -11.7. The van der Waals surface area contributed by atoms with Gasteiger partial charge >= 0.3 is 12.4 Å². The molecule has 6 nitrogen and oxygen atoms in total. The van der Waals surface area contributed by atoms with Gasteiger partial charge in [-0.3, -0.25) is 9.59 Å². The molecule has 0 saturated carbocycles. The van der Waals surface area contributed by atoms with Crippen LogP contribution in [-0.2, 0) is 5.41 Å². The SMILES string of the molecule is NC(=O)c1cc(-c2ccc(C(c3ccc(-c4ccc(O)c(C(N)=O)c4)cc3)(C(F)(F)F)C(F)(F)F)cc2)ccc1O. The largest absolute Gasteiger partial charge is 0.507 e. The van der Waals surface area contributed by atoms with Crippen LogP contribution >= 0.6 is 0 Å². The average Bonchev–Trinajstić information content (AvgIpc) is 2.88. The van der Waals surface area contributed by atoms with Crippen LogP contribution in [-0.4, -0.2) is 34.4 Å². The van der Waals surface area contributed by atoms with E-state index in [0.717, 1.165) is 36.4 Å². The van der Waals surface area contributed by atoms with E-state index in [1.165, 1.54) is 24.3 Å². The van der Waals surface area contributed by atoms with Crippen LogP contribution in [0.5, 0.6) is 11.5 Å². The van der Waals surface area contributed by atoms with E-state index in [2.05, 4.69) is 0 Å². The number of amides is 2. The van der Waals surface area contributed by atoms with E-state index in [-0.39, 0.29) is 33.4 Å². The number of carbonyl (C=O) groups is 2. The lowest BCUT2D eigenvalue weighted by molar-refractivity contribution is -0.288. The van der Waals surface area contributed by atoms with Crippen molar-refractivity contribution < 1.29 is 46.1 Å². The number of hydrogen-bond donors (Lipinski definition) is 4. The van der Waals surface area contributed by atoms with Crippen molar-refractivity contribution in [3.63, 3.8) is 0 Å². The summed E-state index contributed by atoms with van der Waals surface area (Å²) < 4.78 is 87.5. The number of benzene rings is 4. The zero-order valence-electron chi connectivity index (χ0n) is 20.7. The van der Waals surface area contributed by atoms with Gasteiger partial charge in [0.15, 0.2) is 0 Å². The summed E-state index contributed by atoms with van der Waals surface area (Å²) in [7, 11) is 0. The molecule has 0 bridgehead atoms. The second-order valence-electron chi connectivity index (χ2n) is 9.09. The van der Waals surface area contributed by atoms with Crippen molar-refractivity contribution in [2.24, 2.45) is 11.5 Å². The first-order chi connectivity index (χ1) is 19.1. The maximum absolute atomic E-state index is 14.6. The highest BCUT2D eigenvalue weighted by Crippen LogP contribution is 2.56. The van der Waals surface area contributed by atoms with E-state index >= 15 is 0 Å². The molecule has 0 heterocycles. The van der Waals surface area contributed by atoms with Gasteiger partial charge in [-0.05, 0) is 57.6 Å². The maximum Gasteiger partial charge on any atom is 0.411 e. The zero-order chi connectivity index (χ0) is 30.3. The second kappa shape index (κ2) is 10.2. The Balaban J connectivity index is 1.84. The average molecular weight is 574 g/mol. The Bertz CT molecular complexity index is 1510. The van der Waals surface area contributed by atoms with Crippen molar-refractivity contribution >= 4 is 11.8 Å². The summed E-state index contributed by atoms with van der Waals surface area (Å²) in [5, 5.41) is 19.5. The summed E-state index contributed by atoms with van der Waals surface area (Å²) >= 11 is 0. The summed E-state index contributed by atoms with van der Waals surface area (Å²) in [5.41, 5.74) is 3.99. The molecule has 4 aromatic rings. The number of nitrogens with two attached hydrogens (primary N) is 2. The normalized spacial score (nSPS) is 12.2. The standard InChI is InChI=1S/C29H20F6N2O4/c30-28(31,32)27(29(33,34)35,19-7-1-15(2-8-19)17-5-11-23(38)21(13-17)25(36)40)20-9-3-16(4-10-20)18-6-12-24(39)22(14-18)26(37)41/h1-14,38-39H,(H2,36,40)(H2,37,41). The number of phenols is 2. The fourth-order valence-electron chi connectivity index (χ4n) is 4.63. The van der Waals surface area contributed by atoms with E-state index < -0.39 is 52.2 Å². The Morgan fingerprint density at radius 3 is 1.07 bits per heavy atom. The Kier molecular flexibility index (Phi) is 7.21. The van der Waals surface area contributed by atoms with E-state index in [1.807, 2.05) is 0 Å². The van der Waals surface area contributed by atoms with Gasteiger partial charge in [0.05, 0.1) is 11.1 Å². The van der Waals surface area contributed by atoms with Crippen LogP contribution < -0.4 is 11.5 Å². The van der Waals surface area contributed by atoms with Gasteiger partial charge in [0.25, 0.3) is 11.8 Å². The highest BCUT2D eigenvalue weighted by molar-refractivity contribution is 5.97. The Labute approximate surface area is 228 Å². The molecule has 0 fully saturated rings. The van der Waals surface area contributed by atoms with Gasteiger partial charge in [-0.2, -0.15) is 26.3 Å². The first kappa shape index (κ1) is 29.0. The lowest BCUT2D eigenvalue weighted by Crippen LogP contribution is -2.54. The number of aromatic hydroxyl groups is 2. The molecule has 12 heteroatoms. The highest BCUT2D eigenvalue weighted by atomic mass is 19.4. The van der Waals surface area contributed by atoms with Crippen molar-refractivity contribution in [1.82, 2.24) is 0 Å². The predicted molar refractivity (Wildman–Crippen MR) is 137 cm³/mol. The molecule has 0 saturated heterocycles. The summed E-state index contributed by atoms with van der Waals surface area (Å²) in [6.45, 7) is 0. The van der Waals surface area contributed by atoms with Crippen LogP contribution in [0.4, 0.5) is 26.3 Å². The fraction of sp³-hybridized carbons (Fsp3) is 0.103. The van der Waals surface area contributed by atoms with Crippen LogP contribution in [0.25, 0.3) is 22.3 Å². The molecular weight excluding hydrogens is 554 g/mol.